The van der Waals surface area contributed by atoms with E-state index in [1.165, 1.54) is 25.4 Å². The minimum atomic E-state index is -3.60. The van der Waals surface area contributed by atoms with Crippen LogP contribution < -0.4 is 19.7 Å². The molecule has 2 fully saturated rings. The SMILES string of the molecule is COc1nc(N2CC3COCC(C2)C3Oc2ncnc(Nc3ccc(S(C)(=O)=O)cc3F)c2F)ncc1Cl. The number of methoxy groups -OCH3 is 1. The molecule has 5 rings (SSSR count). The lowest BCUT2D eigenvalue weighted by Gasteiger charge is -2.46. The Hall–Kier alpha value is -3.36. The van der Waals surface area contributed by atoms with E-state index in [-0.39, 0.29) is 40.0 Å². The lowest BCUT2D eigenvalue weighted by Crippen LogP contribution is -2.58. The minimum Gasteiger partial charge on any atom is -0.480 e. The Bertz CT molecular complexity index is 1450. The summed E-state index contributed by atoms with van der Waals surface area (Å²) >= 11 is 6.05. The van der Waals surface area contributed by atoms with Crippen molar-refractivity contribution in [3.63, 3.8) is 0 Å². The van der Waals surface area contributed by atoms with Crippen LogP contribution in [0, 0.1) is 23.5 Å². The Morgan fingerprint density at radius 2 is 1.87 bits per heavy atom. The van der Waals surface area contributed by atoms with Gasteiger partial charge in [-0.05, 0) is 18.2 Å². The van der Waals surface area contributed by atoms with Crippen LogP contribution in [0.1, 0.15) is 0 Å². The van der Waals surface area contributed by atoms with Gasteiger partial charge in [0.15, 0.2) is 15.7 Å². The predicted molar refractivity (Wildman–Crippen MR) is 133 cm³/mol. The number of ether oxygens (including phenoxy) is 3. The molecule has 2 saturated heterocycles. The molecule has 0 amide bonds. The molecule has 11 nitrogen and oxygen atoms in total. The zero-order valence-corrected chi connectivity index (χ0v) is 21.8. The van der Waals surface area contributed by atoms with Crippen molar-refractivity contribution in [3.8, 4) is 11.8 Å². The van der Waals surface area contributed by atoms with E-state index < -0.39 is 27.6 Å². The van der Waals surface area contributed by atoms with Crippen LogP contribution >= 0.6 is 11.6 Å². The van der Waals surface area contributed by atoms with Gasteiger partial charge in [0, 0.05) is 31.2 Å². The monoisotopic (exact) mass is 568 g/mol. The molecule has 15 heteroatoms. The third-order valence-electron chi connectivity index (χ3n) is 6.31. The summed E-state index contributed by atoms with van der Waals surface area (Å²) in [7, 11) is -2.13. The second-order valence-corrected chi connectivity index (χ2v) is 11.4. The summed E-state index contributed by atoms with van der Waals surface area (Å²) in [5.41, 5.74) is -0.155. The molecule has 0 aliphatic carbocycles. The number of fused-ring (bicyclic) bond motifs is 2. The van der Waals surface area contributed by atoms with Gasteiger partial charge in [0.1, 0.15) is 23.3 Å². The van der Waals surface area contributed by atoms with Crippen LogP contribution in [0.4, 0.5) is 26.2 Å². The third-order valence-corrected chi connectivity index (χ3v) is 7.67. The van der Waals surface area contributed by atoms with Crippen molar-refractivity contribution in [1.82, 2.24) is 19.9 Å². The fourth-order valence-corrected chi connectivity index (χ4v) is 5.30. The predicted octanol–water partition coefficient (Wildman–Crippen LogP) is 2.88. The van der Waals surface area contributed by atoms with Crippen LogP contribution in [0.15, 0.2) is 35.6 Å². The molecular weight excluding hydrogens is 546 g/mol. The van der Waals surface area contributed by atoms with E-state index in [0.717, 1.165) is 18.6 Å². The van der Waals surface area contributed by atoms with E-state index in [0.29, 0.717) is 37.3 Å². The maximum atomic E-state index is 15.3. The van der Waals surface area contributed by atoms with Crippen LogP contribution in [0.2, 0.25) is 5.02 Å². The number of rotatable bonds is 7. The Labute approximate surface area is 222 Å². The molecular formula is C23H23ClF2N6O5S. The van der Waals surface area contributed by atoms with Gasteiger partial charge in [-0.25, -0.2) is 22.8 Å². The van der Waals surface area contributed by atoms with Gasteiger partial charge in [-0.1, -0.05) is 11.6 Å². The Morgan fingerprint density at radius 3 is 2.53 bits per heavy atom. The summed E-state index contributed by atoms with van der Waals surface area (Å²) in [5.74, 6) is -2.00. The lowest BCUT2D eigenvalue weighted by molar-refractivity contribution is -0.0781. The normalized spacial score (nSPS) is 21.2. The van der Waals surface area contributed by atoms with E-state index in [1.54, 1.807) is 0 Å². The van der Waals surface area contributed by atoms with E-state index in [1.807, 2.05) is 4.90 Å². The molecule has 2 aromatic heterocycles. The number of hydrogen-bond acceptors (Lipinski definition) is 11. The largest absolute Gasteiger partial charge is 0.480 e. The molecule has 2 unspecified atom stereocenters. The fourth-order valence-electron chi connectivity index (χ4n) is 4.50. The topological polar surface area (TPSA) is 129 Å². The number of aromatic nitrogens is 4. The molecule has 0 radical (unpaired) electrons. The second kappa shape index (κ2) is 10.4. The molecule has 0 saturated carbocycles. The molecule has 2 aliphatic heterocycles. The van der Waals surface area contributed by atoms with E-state index in [2.05, 4.69) is 25.3 Å². The van der Waals surface area contributed by atoms with Crippen molar-refractivity contribution in [1.29, 1.82) is 0 Å². The van der Waals surface area contributed by atoms with E-state index in [9.17, 15) is 12.8 Å². The molecule has 4 heterocycles. The highest BCUT2D eigenvalue weighted by molar-refractivity contribution is 7.90. The average molecular weight is 569 g/mol. The van der Waals surface area contributed by atoms with Gasteiger partial charge < -0.3 is 24.4 Å². The molecule has 3 aromatic rings. The number of anilines is 3. The van der Waals surface area contributed by atoms with Gasteiger partial charge in [-0.3, -0.25) is 0 Å². The number of hydrogen-bond donors (Lipinski definition) is 1. The van der Waals surface area contributed by atoms with Crippen molar-refractivity contribution < 1.29 is 31.4 Å². The molecule has 2 aliphatic rings. The first kappa shape index (κ1) is 26.3. The van der Waals surface area contributed by atoms with Crippen molar-refractivity contribution in [2.45, 2.75) is 11.0 Å². The molecule has 1 aromatic carbocycles. The number of piperidine rings is 1. The van der Waals surface area contributed by atoms with Gasteiger partial charge in [0.05, 0.1) is 37.1 Å². The second-order valence-electron chi connectivity index (χ2n) is 8.95. The van der Waals surface area contributed by atoms with Crippen LogP contribution in [-0.2, 0) is 14.6 Å². The van der Waals surface area contributed by atoms with Crippen molar-refractivity contribution in [3.05, 3.63) is 47.4 Å². The highest BCUT2D eigenvalue weighted by Crippen LogP contribution is 2.35. The summed E-state index contributed by atoms with van der Waals surface area (Å²) in [6.45, 7) is 1.69. The molecule has 1 N–H and O–H groups in total. The summed E-state index contributed by atoms with van der Waals surface area (Å²) in [6.07, 6.45) is 3.11. The number of sulfone groups is 1. The highest BCUT2D eigenvalue weighted by Gasteiger charge is 2.43. The van der Waals surface area contributed by atoms with Gasteiger partial charge in [-0.15, -0.1) is 0 Å². The van der Waals surface area contributed by atoms with Crippen LogP contribution in [0.5, 0.6) is 11.8 Å². The number of benzene rings is 1. The fraction of sp³-hybridized carbons (Fsp3) is 0.391. The van der Waals surface area contributed by atoms with E-state index in [4.69, 9.17) is 25.8 Å². The minimum absolute atomic E-state index is 0.153. The summed E-state index contributed by atoms with van der Waals surface area (Å²) in [4.78, 5) is 18.3. The molecule has 2 atom stereocenters. The lowest BCUT2D eigenvalue weighted by atomic mass is 9.84. The Morgan fingerprint density at radius 1 is 1.13 bits per heavy atom. The maximum Gasteiger partial charge on any atom is 0.256 e. The average Bonchev–Trinajstić information content (AvgIpc) is 2.87. The summed E-state index contributed by atoms with van der Waals surface area (Å²) < 4.78 is 70.1. The van der Waals surface area contributed by atoms with Crippen LogP contribution in [0.25, 0.3) is 0 Å². The zero-order chi connectivity index (χ0) is 27.0. The van der Waals surface area contributed by atoms with Gasteiger partial charge >= 0.3 is 0 Å². The van der Waals surface area contributed by atoms with Crippen molar-refractivity contribution in [2.24, 2.45) is 11.8 Å². The standard InChI is InChI=1S/C23H23ClF2N6O5S/c1-35-21-15(24)6-27-23(31-21)32-7-12-9-36-10-13(8-32)19(12)37-22-18(26)20(28-11-29-22)30-17-4-3-14(5-16(17)25)38(2,33)34/h3-6,11-13,19H,7-10H2,1-2H3,(H,28,29,30). The molecule has 0 spiro atoms. The number of nitrogens with one attached hydrogen (secondary N) is 1. The first-order chi connectivity index (χ1) is 18.1. The molecule has 2 bridgehead atoms. The molecule has 38 heavy (non-hydrogen) atoms. The van der Waals surface area contributed by atoms with Crippen molar-refractivity contribution >= 4 is 38.9 Å². The molecule has 202 valence electrons. The number of halogens is 3. The quantitative estimate of drug-likeness (QED) is 0.451. The van der Waals surface area contributed by atoms with Crippen LogP contribution in [0.3, 0.4) is 0 Å². The third kappa shape index (κ3) is 5.28. The van der Waals surface area contributed by atoms with Gasteiger partial charge in [0.2, 0.25) is 17.6 Å². The first-order valence-corrected chi connectivity index (χ1v) is 13.7. The Balaban J connectivity index is 1.34. The summed E-state index contributed by atoms with van der Waals surface area (Å²) in [5, 5.41) is 2.84. The first-order valence-electron chi connectivity index (χ1n) is 11.5. The van der Waals surface area contributed by atoms with E-state index >= 15 is 4.39 Å². The Kier molecular flexibility index (Phi) is 7.20. The number of nitrogens with zero attached hydrogens (tertiary/aromatic N) is 5. The van der Waals surface area contributed by atoms with Gasteiger partial charge in [0.25, 0.3) is 5.88 Å². The summed E-state index contributed by atoms with van der Waals surface area (Å²) in [6, 6.07) is 3.26. The highest BCUT2D eigenvalue weighted by atomic mass is 35.5. The van der Waals surface area contributed by atoms with Crippen molar-refractivity contribution in [2.75, 3.05) is 49.9 Å². The van der Waals surface area contributed by atoms with Crippen LogP contribution in [-0.4, -0.2) is 74.1 Å². The van der Waals surface area contributed by atoms with Gasteiger partial charge in [-0.2, -0.15) is 14.4 Å². The maximum absolute atomic E-state index is 15.3. The zero-order valence-electron chi connectivity index (χ0n) is 20.3. The smallest absolute Gasteiger partial charge is 0.256 e.